The molecule has 80 valence electrons. The molecule has 1 aromatic rings. The van der Waals surface area contributed by atoms with Crippen LogP contribution in [0.3, 0.4) is 0 Å². The Morgan fingerprint density at radius 2 is 2.47 bits per heavy atom. The zero-order valence-electron chi connectivity index (χ0n) is 8.60. The van der Waals surface area contributed by atoms with E-state index >= 15 is 0 Å². The number of carbonyl (C=O) groups excluding carboxylic acids is 1. The average Bonchev–Trinajstić information content (AvgIpc) is 2.78. The molecule has 0 aromatic carbocycles. The lowest BCUT2D eigenvalue weighted by Gasteiger charge is -2.15. The van der Waals surface area contributed by atoms with Gasteiger partial charge in [0, 0.05) is 19.3 Å². The van der Waals surface area contributed by atoms with Crippen molar-refractivity contribution in [1.29, 1.82) is 0 Å². The minimum Gasteiger partial charge on any atom is -0.337 e. The third-order valence-corrected chi connectivity index (χ3v) is 2.79. The highest BCUT2D eigenvalue weighted by molar-refractivity contribution is 5.92. The number of pyridine rings is 1. The summed E-state index contributed by atoms with van der Waals surface area (Å²) >= 11 is 0. The smallest absolute Gasteiger partial charge is 0.272 e. The van der Waals surface area contributed by atoms with Crippen molar-refractivity contribution in [1.82, 2.24) is 9.88 Å². The van der Waals surface area contributed by atoms with Crippen LogP contribution in [0.4, 0.5) is 0 Å². The van der Waals surface area contributed by atoms with E-state index in [2.05, 4.69) is 4.98 Å². The molecule has 1 aliphatic heterocycles. The second-order valence-corrected chi connectivity index (χ2v) is 3.86. The fourth-order valence-corrected chi connectivity index (χ4v) is 1.86. The number of nitrogens with zero attached hydrogens (tertiary/aromatic N) is 2. The van der Waals surface area contributed by atoms with E-state index in [1.54, 1.807) is 12.3 Å². The molecule has 0 radical (unpaired) electrons. The number of hydrogen-bond acceptors (Lipinski definition) is 3. The number of aromatic nitrogens is 1. The molecule has 1 unspecified atom stereocenters. The van der Waals surface area contributed by atoms with E-state index in [9.17, 15) is 4.79 Å². The minimum absolute atomic E-state index is 0.0200. The summed E-state index contributed by atoms with van der Waals surface area (Å²) in [7, 11) is 0. The Kier molecular flexibility index (Phi) is 2.97. The Labute approximate surface area is 89.1 Å². The quantitative estimate of drug-likeness (QED) is 0.765. The summed E-state index contributed by atoms with van der Waals surface area (Å²) in [6, 6.07) is 5.39. The fourth-order valence-electron chi connectivity index (χ4n) is 1.86. The Balaban J connectivity index is 2.04. The maximum atomic E-state index is 11.9. The molecule has 1 atom stereocenters. The lowest BCUT2D eigenvalue weighted by molar-refractivity contribution is 0.0782. The Bertz CT molecular complexity index is 339. The molecule has 1 amide bonds. The first-order chi connectivity index (χ1) is 7.31. The molecule has 0 bridgehead atoms. The SMILES string of the molecule is NCC1CCN(C(=O)c2ccccn2)C1. The van der Waals surface area contributed by atoms with Gasteiger partial charge in [-0.1, -0.05) is 6.07 Å². The molecule has 4 heteroatoms. The van der Waals surface area contributed by atoms with Crippen LogP contribution in [0, 0.1) is 5.92 Å². The van der Waals surface area contributed by atoms with Gasteiger partial charge in [0.25, 0.3) is 5.91 Å². The van der Waals surface area contributed by atoms with Crippen LogP contribution >= 0.6 is 0 Å². The maximum absolute atomic E-state index is 11.9. The van der Waals surface area contributed by atoms with E-state index in [1.165, 1.54) is 0 Å². The summed E-state index contributed by atoms with van der Waals surface area (Å²) in [6.07, 6.45) is 2.65. The lowest BCUT2D eigenvalue weighted by atomic mass is 10.1. The summed E-state index contributed by atoms with van der Waals surface area (Å²) in [4.78, 5) is 17.8. The van der Waals surface area contributed by atoms with E-state index in [-0.39, 0.29) is 5.91 Å². The molecular formula is C11H15N3O. The van der Waals surface area contributed by atoms with Gasteiger partial charge in [-0.15, -0.1) is 0 Å². The van der Waals surface area contributed by atoms with E-state index < -0.39 is 0 Å². The first-order valence-corrected chi connectivity index (χ1v) is 5.21. The summed E-state index contributed by atoms with van der Waals surface area (Å²) < 4.78 is 0. The number of likely N-dealkylation sites (tertiary alicyclic amines) is 1. The zero-order valence-corrected chi connectivity index (χ0v) is 8.60. The molecule has 1 saturated heterocycles. The van der Waals surface area contributed by atoms with Crippen molar-refractivity contribution >= 4 is 5.91 Å². The van der Waals surface area contributed by atoms with Crippen LogP contribution in [-0.2, 0) is 0 Å². The Hall–Kier alpha value is -1.42. The molecule has 0 spiro atoms. The topological polar surface area (TPSA) is 59.2 Å². The van der Waals surface area contributed by atoms with Crippen LogP contribution in [0.2, 0.25) is 0 Å². The summed E-state index contributed by atoms with van der Waals surface area (Å²) in [5.41, 5.74) is 6.10. The van der Waals surface area contributed by atoms with Crippen LogP contribution in [-0.4, -0.2) is 35.4 Å². The van der Waals surface area contributed by atoms with Gasteiger partial charge in [-0.25, -0.2) is 0 Å². The molecule has 0 aliphatic carbocycles. The zero-order chi connectivity index (χ0) is 10.7. The summed E-state index contributed by atoms with van der Waals surface area (Å²) in [5, 5.41) is 0. The van der Waals surface area contributed by atoms with Gasteiger partial charge in [0.2, 0.25) is 0 Å². The van der Waals surface area contributed by atoms with Gasteiger partial charge in [0.15, 0.2) is 0 Å². The minimum atomic E-state index is 0.0200. The molecule has 2 N–H and O–H groups in total. The van der Waals surface area contributed by atoms with Crippen LogP contribution in [0.5, 0.6) is 0 Å². The number of carbonyl (C=O) groups is 1. The van der Waals surface area contributed by atoms with Gasteiger partial charge >= 0.3 is 0 Å². The number of nitrogens with two attached hydrogens (primary N) is 1. The summed E-state index contributed by atoms with van der Waals surface area (Å²) in [5.74, 6) is 0.476. The highest BCUT2D eigenvalue weighted by Crippen LogP contribution is 2.16. The second-order valence-electron chi connectivity index (χ2n) is 3.86. The molecule has 2 heterocycles. The first-order valence-electron chi connectivity index (χ1n) is 5.21. The van der Waals surface area contributed by atoms with E-state index in [1.807, 2.05) is 17.0 Å². The standard InChI is InChI=1S/C11H15N3O/c12-7-9-4-6-14(8-9)11(15)10-3-1-2-5-13-10/h1-3,5,9H,4,6-8,12H2. The highest BCUT2D eigenvalue weighted by Gasteiger charge is 2.26. The average molecular weight is 205 g/mol. The van der Waals surface area contributed by atoms with E-state index in [0.29, 0.717) is 18.2 Å². The Morgan fingerprint density at radius 3 is 3.07 bits per heavy atom. The van der Waals surface area contributed by atoms with Gasteiger partial charge in [0.1, 0.15) is 5.69 Å². The fraction of sp³-hybridized carbons (Fsp3) is 0.455. The van der Waals surface area contributed by atoms with Crippen LogP contribution in [0.15, 0.2) is 24.4 Å². The van der Waals surface area contributed by atoms with Crippen molar-refractivity contribution in [2.75, 3.05) is 19.6 Å². The monoisotopic (exact) mass is 205 g/mol. The lowest BCUT2D eigenvalue weighted by Crippen LogP contribution is -2.30. The molecule has 4 nitrogen and oxygen atoms in total. The molecule has 15 heavy (non-hydrogen) atoms. The molecule has 1 fully saturated rings. The van der Waals surface area contributed by atoms with Gasteiger partial charge < -0.3 is 10.6 Å². The number of amides is 1. The van der Waals surface area contributed by atoms with E-state index in [0.717, 1.165) is 19.5 Å². The van der Waals surface area contributed by atoms with Crippen LogP contribution in [0.1, 0.15) is 16.9 Å². The van der Waals surface area contributed by atoms with E-state index in [4.69, 9.17) is 5.73 Å². The van der Waals surface area contributed by atoms with Crippen LogP contribution in [0.25, 0.3) is 0 Å². The van der Waals surface area contributed by atoms with Crippen molar-refractivity contribution in [3.63, 3.8) is 0 Å². The third kappa shape index (κ3) is 2.15. The van der Waals surface area contributed by atoms with Gasteiger partial charge in [-0.3, -0.25) is 9.78 Å². The molecular weight excluding hydrogens is 190 g/mol. The predicted octanol–water partition coefficient (Wildman–Crippen LogP) is 0.502. The molecule has 0 saturated carbocycles. The van der Waals surface area contributed by atoms with Gasteiger partial charge in [-0.05, 0) is 31.0 Å². The van der Waals surface area contributed by atoms with Gasteiger partial charge in [0.05, 0.1) is 0 Å². The van der Waals surface area contributed by atoms with Crippen molar-refractivity contribution in [3.8, 4) is 0 Å². The highest BCUT2D eigenvalue weighted by atomic mass is 16.2. The number of rotatable bonds is 2. The maximum Gasteiger partial charge on any atom is 0.272 e. The van der Waals surface area contributed by atoms with Crippen molar-refractivity contribution in [3.05, 3.63) is 30.1 Å². The molecule has 1 aromatic heterocycles. The van der Waals surface area contributed by atoms with Crippen molar-refractivity contribution in [2.24, 2.45) is 11.7 Å². The largest absolute Gasteiger partial charge is 0.337 e. The van der Waals surface area contributed by atoms with Crippen LogP contribution < -0.4 is 5.73 Å². The molecule has 2 rings (SSSR count). The van der Waals surface area contributed by atoms with Crippen molar-refractivity contribution in [2.45, 2.75) is 6.42 Å². The Morgan fingerprint density at radius 1 is 1.60 bits per heavy atom. The summed E-state index contributed by atoms with van der Waals surface area (Å²) in [6.45, 7) is 2.23. The predicted molar refractivity (Wildman–Crippen MR) is 57.3 cm³/mol. The second kappa shape index (κ2) is 4.40. The van der Waals surface area contributed by atoms with Gasteiger partial charge in [-0.2, -0.15) is 0 Å². The number of hydrogen-bond donors (Lipinski definition) is 1. The normalized spacial score (nSPS) is 20.6. The third-order valence-electron chi connectivity index (χ3n) is 2.79. The van der Waals surface area contributed by atoms with Crippen molar-refractivity contribution < 1.29 is 4.79 Å². The first kappa shape index (κ1) is 10.1. The molecule has 1 aliphatic rings.